The third kappa shape index (κ3) is 4.54. The fourth-order valence-corrected chi connectivity index (χ4v) is 3.59. The predicted octanol–water partition coefficient (Wildman–Crippen LogP) is 4.72. The van der Waals surface area contributed by atoms with Crippen LogP contribution in [0.15, 0.2) is 84.9 Å². The molecule has 0 N–H and O–H groups in total. The largest absolute Gasteiger partial charge is 0.368 e. The Morgan fingerprint density at radius 2 is 1.34 bits per heavy atom. The Bertz CT molecular complexity index is 976. The molecule has 4 heteroatoms. The molecule has 1 fully saturated rings. The van der Waals surface area contributed by atoms with E-state index in [9.17, 15) is 9.18 Å². The number of benzene rings is 3. The lowest BCUT2D eigenvalue weighted by Gasteiger charge is -2.36. The van der Waals surface area contributed by atoms with Crippen LogP contribution in [0.25, 0.3) is 11.6 Å². The van der Waals surface area contributed by atoms with Gasteiger partial charge in [-0.05, 0) is 41.5 Å². The third-order valence-electron chi connectivity index (χ3n) is 5.18. The molecule has 3 aromatic carbocycles. The maximum absolute atomic E-state index is 13.4. The molecule has 1 amide bonds. The third-order valence-corrected chi connectivity index (χ3v) is 5.18. The fourth-order valence-electron chi connectivity index (χ4n) is 3.59. The van der Waals surface area contributed by atoms with Crippen molar-refractivity contribution in [2.24, 2.45) is 0 Å². The summed E-state index contributed by atoms with van der Waals surface area (Å²) in [6.07, 6.45) is 1.96. The maximum atomic E-state index is 13.4. The number of piperazine rings is 1. The van der Waals surface area contributed by atoms with Crippen LogP contribution in [0.5, 0.6) is 0 Å². The van der Waals surface area contributed by atoms with Crippen LogP contribution in [0.4, 0.5) is 10.1 Å². The highest BCUT2D eigenvalue weighted by Gasteiger charge is 2.24. The van der Waals surface area contributed by atoms with E-state index in [0.29, 0.717) is 18.7 Å². The SMILES string of the molecule is O=C(/C(=C/c1ccccc1)c1ccccc1)N1CCN(c2ccc(F)cc2)CC1. The van der Waals surface area contributed by atoms with Gasteiger partial charge in [0.25, 0.3) is 5.91 Å². The monoisotopic (exact) mass is 386 g/mol. The quantitative estimate of drug-likeness (QED) is 0.479. The van der Waals surface area contributed by atoms with Crippen LogP contribution in [0.3, 0.4) is 0 Å². The van der Waals surface area contributed by atoms with Crippen LogP contribution in [0, 0.1) is 5.82 Å². The van der Waals surface area contributed by atoms with E-state index in [-0.39, 0.29) is 11.7 Å². The van der Waals surface area contributed by atoms with Crippen LogP contribution in [-0.4, -0.2) is 37.0 Å². The molecule has 0 aliphatic carbocycles. The first kappa shape index (κ1) is 18.9. The smallest absolute Gasteiger partial charge is 0.254 e. The molecule has 0 unspecified atom stereocenters. The summed E-state index contributed by atoms with van der Waals surface area (Å²) < 4.78 is 13.2. The Morgan fingerprint density at radius 3 is 1.97 bits per heavy atom. The van der Waals surface area contributed by atoms with E-state index in [1.807, 2.05) is 71.6 Å². The molecule has 0 aromatic heterocycles. The topological polar surface area (TPSA) is 23.6 Å². The average molecular weight is 386 g/mol. The second-order valence-electron chi connectivity index (χ2n) is 7.09. The lowest BCUT2D eigenvalue weighted by atomic mass is 10.0. The second-order valence-corrected chi connectivity index (χ2v) is 7.09. The van der Waals surface area contributed by atoms with Gasteiger partial charge < -0.3 is 9.80 Å². The van der Waals surface area contributed by atoms with Crippen molar-refractivity contribution in [3.05, 3.63) is 102 Å². The molecular formula is C25H23FN2O. The van der Waals surface area contributed by atoms with Gasteiger partial charge in [-0.2, -0.15) is 0 Å². The minimum Gasteiger partial charge on any atom is -0.368 e. The summed E-state index contributed by atoms with van der Waals surface area (Å²) >= 11 is 0. The first-order valence-corrected chi connectivity index (χ1v) is 9.83. The molecule has 4 rings (SSSR count). The number of rotatable bonds is 4. The van der Waals surface area contributed by atoms with Crippen molar-refractivity contribution in [1.29, 1.82) is 0 Å². The van der Waals surface area contributed by atoms with E-state index in [1.165, 1.54) is 12.1 Å². The summed E-state index contributed by atoms with van der Waals surface area (Å²) in [5.74, 6) is -0.195. The number of halogens is 1. The van der Waals surface area contributed by atoms with Crippen molar-refractivity contribution in [2.45, 2.75) is 0 Å². The number of carbonyl (C=O) groups is 1. The highest BCUT2D eigenvalue weighted by molar-refractivity contribution is 6.24. The van der Waals surface area contributed by atoms with Crippen LogP contribution in [0.1, 0.15) is 11.1 Å². The van der Waals surface area contributed by atoms with Gasteiger partial charge in [-0.3, -0.25) is 4.79 Å². The lowest BCUT2D eigenvalue weighted by Crippen LogP contribution is -2.49. The van der Waals surface area contributed by atoms with E-state index >= 15 is 0 Å². The molecule has 0 atom stereocenters. The molecule has 29 heavy (non-hydrogen) atoms. The number of amides is 1. The predicted molar refractivity (Wildman–Crippen MR) is 116 cm³/mol. The van der Waals surface area contributed by atoms with Gasteiger partial charge in [0.1, 0.15) is 5.82 Å². The van der Waals surface area contributed by atoms with Crippen molar-refractivity contribution >= 4 is 23.2 Å². The van der Waals surface area contributed by atoms with E-state index in [1.54, 1.807) is 12.1 Å². The van der Waals surface area contributed by atoms with E-state index in [4.69, 9.17) is 0 Å². The van der Waals surface area contributed by atoms with Gasteiger partial charge in [-0.15, -0.1) is 0 Å². The fraction of sp³-hybridized carbons (Fsp3) is 0.160. The summed E-state index contributed by atoms with van der Waals surface area (Å²) in [6.45, 7) is 2.72. The lowest BCUT2D eigenvalue weighted by molar-refractivity contribution is -0.125. The molecule has 146 valence electrons. The van der Waals surface area contributed by atoms with Gasteiger partial charge in [-0.25, -0.2) is 4.39 Å². The van der Waals surface area contributed by atoms with Crippen LogP contribution in [-0.2, 0) is 4.79 Å². The standard InChI is InChI=1S/C25H23FN2O/c26-22-11-13-23(14-12-22)27-15-17-28(18-16-27)25(29)24(21-9-5-2-6-10-21)19-20-7-3-1-4-8-20/h1-14,19H,15-18H2/b24-19+. The number of hydrogen-bond donors (Lipinski definition) is 0. The second kappa shape index (κ2) is 8.74. The van der Waals surface area contributed by atoms with Crippen molar-refractivity contribution in [2.75, 3.05) is 31.1 Å². The summed E-state index contributed by atoms with van der Waals surface area (Å²) in [7, 11) is 0. The molecule has 0 radical (unpaired) electrons. The van der Waals surface area contributed by atoms with Crippen LogP contribution < -0.4 is 4.90 Å². The maximum Gasteiger partial charge on any atom is 0.254 e. The minimum atomic E-state index is -0.235. The first-order valence-electron chi connectivity index (χ1n) is 9.83. The summed E-state index contributed by atoms with van der Waals surface area (Å²) in [6, 6.07) is 26.3. The Labute approximate surface area is 170 Å². The number of carbonyl (C=O) groups excluding carboxylic acids is 1. The molecule has 0 spiro atoms. The Kier molecular flexibility index (Phi) is 5.71. The Balaban J connectivity index is 1.53. The molecule has 1 heterocycles. The van der Waals surface area contributed by atoms with Crippen LogP contribution in [0.2, 0.25) is 0 Å². The van der Waals surface area contributed by atoms with Gasteiger partial charge in [0.15, 0.2) is 0 Å². The van der Waals surface area contributed by atoms with Gasteiger partial charge in [-0.1, -0.05) is 60.7 Å². The normalized spacial score (nSPS) is 14.7. The van der Waals surface area contributed by atoms with Gasteiger partial charge in [0, 0.05) is 37.4 Å². The molecule has 3 aromatic rings. The van der Waals surface area contributed by atoms with Crippen molar-refractivity contribution in [3.8, 4) is 0 Å². The highest BCUT2D eigenvalue weighted by atomic mass is 19.1. The van der Waals surface area contributed by atoms with E-state index < -0.39 is 0 Å². The van der Waals surface area contributed by atoms with Gasteiger partial charge in [0.05, 0.1) is 0 Å². The van der Waals surface area contributed by atoms with Gasteiger partial charge in [0.2, 0.25) is 0 Å². The average Bonchev–Trinajstić information content (AvgIpc) is 2.79. The van der Waals surface area contributed by atoms with E-state index in [2.05, 4.69) is 4.90 Å². The summed E-state index contributed by atoms with van der Waals surface area (Å²) in [5, 5.41) is 0. The van der Waals surface area contributed by atoms with Crippen LogP contribution >= 0.6 is 0 Å². The molecule has 0 bridgehead atoms. The van der Waals surface area contributed by atoms with Crippen molar-refractivity contribution in [1.82, 2.24) is 4.90 Å². The molecule has 0 saturated carbocycles. The summed E-state index contributed by atoms with van der Waals surface area (Å²) in [4.78, 5) is 17.5. The zero-order chi connectivity index (χ0) is 20.1. The number of hydrogen-bond acceptors (Lipinski definition) is 2. The summed E-state index contributed by atoms with van der Waals surface area (Å²) in [5.41, 5.74) is 3.61. The number of nitrogens with zero attached hydrogens (tertiary/aromatic N) is 2. The Hall–Kier alpha value is -3.40. The molecule has 1 aliphatic rings. The molecule has 1 aliphatic heterocycles. The van der Waals surface area contributed by atoms with Gasteiger partial charge >= 0.3 is 0 Å². The molecule has 1 saturated heterocycles. The highest BCUT2D eigenvalue weighted by Crippen LogP contribution is 2.23. The number of anilines is 1. The molecular weight excluding hydrogens is 363 g/mol. The first-order chi connectivity index (χ1) is 14.2. The van der Waals surface area contributed by atoms with E-state index in [0.717, 1.165) is 29.9 Å². The van der Waals surface area contributed by atoms with Crippen molar-refractivity contribution in [3.63, 3.8) is 0 Å². The zero-order valence-corrected chi connectivity index (χ0v) is 16.2. The van der Waals surface area contributed by atoms with Crippen molar-refractivity contribution < 1.29 is 9.18 Å². The zero-order valence-electron chi connectivity index (χ0n) is 16.2. The Morgan fingerprint density at radius 1 is 0.759 bits per heavy atom. The molecule has 3 nitrogen and oxygen atoms in total. The minimum absolute atomic E-state index is 0.0406.